The SMILES string of the molecule is COc1ccc(N2CCN(C(=O)C3=NN([C@H]4CCS(=O)(=O)C4)C(=O)CC3)CC2)cc1. The summed E-state index contributed by atoms with van der Waals surface area (Å²) in [5, 5.41) is 5.54. The van der Waals surface area contributed by atoms with E-state index in [0.717, 1.165) is 11.4 Å². The largest absolute Gasteiger partial charge is 0.497 e. The van der Waals surface area contributed by atoms with Crippen molar-refractivity contribution in [3.05, 3.63) is 24.3 Å². The van der Waals surface area contributed by atoms with Gasteiger partial charge < -0.3 is 14.5 Å². The maximum absolute atomic E-state index is 13.0. The van der Waals surface area contributed by atoms with Crippen molar-refractivity contribution >= 4 is 33.1 Å². The predicted molar refractivity (Wildman–Crippen MR) is 112 cm³/mol. The number of amides is 2. The summed E-state index contributed by atoms with van der Waals surface area (Å²) in [6.45, 7) is 2.54. The third-order valence-corrected chi connectivity index (χ3v) is 7.62. The van der Waals surface area contributed by atoms with Crippen molar-refractivity contribution in [1.29, 1.82) is 0 Å². The van der Waals surface area contributed by atoms with Crippen molar-refractivity contribution in [3.63, 3.8) is 0 Å². The molecule has 30 heavy (non-hydrogen) atoms. The summed E-state index contributed by atoms with van der Waals surface area (Å²) < 4.78 is 28.7. The lowest BCUT2D eigenvalue weighted by atomic mass is 10.1. The number of anilines is 1. The molecule has 0 aromatic heterocycles. The van der Waals surface area contributed by atoms with Crippen molar-refractivity contribution in [3.8, 4) is 5.75 Å². The molecule has 2 fully saturated rings. The number of rotatable bonds is 4. The maximum Gasteiger partial charge on any atom is 0.270 e. The number of sulfone groups is 1. The molecule has 0 radical (unpaired) electrons. The number of methoxy groups -OCH3 is 1. The monoisotopic (exact) mass is 434 g/mol. The summed E-state index contributed by atoms with van der Waals surface area (Å²) in [4.78, 5) is 29.2. The minimum absolute atomic E-state index is 0.0631. The zero-order chi connectivity index (χ0) is 21.3. The Labute approximate surface area is 176 Å². The molecule has 4 rings (SSSR count). The first-order chi connectivity index (χ1) is 14.4. The topological polar surface area (TPSA) is 99.6 Å². The number of carbonyl (C=O) groups excluding carboxylic acids is 2. The van der Waals surface area contributed by atoms with Crippen LogP contribution in [0.15, 0.2) is 29.4 Å². The predicted octanol–water partition coefficient (Wildman–Crippen LogP) is 0.509. The highest BCUT2D eigenvalue weighted by molar-refractivity contribution is 7.91. The zero-order valence-corrected chi connectivity index (χ0v) is 17.8. The van der Waals surface area contributed by atoms with E-state index in [-0.39, 0.29) is 29.7 Å². The van der Waals surface area contributed by atoms with Gasteiger partial charge in [0.2, 0.25) is 5.91 Å². The third kappa shape index (κ3) is 4.28. The van der Waals surface area contributed by atoms with Crippen LogP contribution in [-0.2, 0) is 19.4 Å². The summed E-state index contributed by atoms with van der Waals surface area (Å²) in [5.41, 5.74) is 1.42. The number of piperazine rings is 1. The standard InChI is InChI=1S/C20H26N4O5S/c1-29-17-4-2-15(3-5-17)22-9-11-23(12-10-22)20(26)18-6-7-19(25)24(21-18)16-8-13-30(27,28)14-16/h2-5,16H,6-14H2,1H3/t16-/m0/s1. The van der Waals surface area contributed by atoms with Gasteiger partial charge in [0.15, 0.2) is 9.84 Å². The highest BCUT2D eigenvalue weighted by Crippen LogP contribution is 2.24. The second kappa shape index (κ2) is 8.25. The van der Waals surface area contributed by atoms with Crippen LogP contribution >= 0.6 is 0 Å². The van der Waals surface area contributed by atoms with Crippen LogP contribution in [0.4, 0.5) is 5.69 Å². The molecule has 3 aliphatic rings. The van der Waals surface area contributed by atoms with Crippen LogP contribution in [0.5, 0.6) is 5.75 Å². The van der Waals surface area contributed by atoms with E-state index in [2.05, 4.69) is 10.0 Å². The van der Waals surface area contributed by atoms with Crippen molar-refractivity contribution in [2.75, 3.05) is 49.7 Å². The van der Waals surface area contributed by atoms with Gasteiger partial charge in [-0.2, -0.15) is 5.10 Å². The van der Waals surface area contributed by atoms with Crippen molar-refractivity contribution in [1.82, 2.24) is 9.91 Å². The van der Waals surface area contributed by atoms with Crippen LogP contribution in [0.3, 0.4) is 0 Å². The Bertz CT molecular complexity index is 952. The van der Waals surface area contributed by atoms with Gasteiger partial charge in [-0.25, -0.2) is 13.4 Å². The second-order valence-corrected chi connectivity index (χ2v) is 10.0. The van der Waals surface area contributed by atoms with Gasteiger partial charge in [-0.1, -0.05) is 0 Å². The quantitative estimate of drug-likeness (QED) is 0.685. The average Bonchev–Trinajstić information content (AvgIpc) is 3.13. The molecular weight excluding hydrogens is 408 g/mol. The molecule has 0 saturated carbocycles. The van der Waals surface area contributed by atoms with Crippen molar-refractivity contribution in [2.45, 2.75) is 25.3 Å². The summed E-state index contributed by atoms with van der Waals surface area (Å²) in [7, 11) is -1.50. The lowest BCUT2D eigenvalue weighted by molar-refractivity contribution is -0.134. The van der Waals surface area contributed by atoms with Gasteiger partial charge in [-0.3, -0.25) is 9.59 Å². The van der Waals surface area contributed by atoms with E-state index in [1.54, 1.807) is 12.0 Å². The van der Waals surface area contributed by atoms with Gasteiger partial charge >= 0.3 is 0 Å². The Morgan fingerprint density at radius 3 is 2.40 bits per heavy atom. The third-order valence-electron chi connectivity index (χ3n) is 5.87. The number of hydrogen-bond donors (Lipinski definition) is 0. The number of hydrazone groups is 1. The Kier molecular flexibility index (Phi) is 5.68. The molecule has 3 aliphatic heterocycles. The Morgan fingerprint density at radius 2 is 1.80 bits per heavy atom. The lowest BCUT2D eigenvalue weighted by Gasteiger charge is -2.37. The highest BCUT2D eigenvalue weighted by Gasteiger charge is 2.38. The first-order valence-electron chi connectivity index (χ1n) is 10.1. The number of ether oxygens (including phenoxy) is 1. The zero-order valence-electron chi connectivity index (χ0n) is 17.0. The first kappa shape index (κ1) is 20.6. The molecule has 0 N–H and O–H groups in total. The summed E-state index contributed by atoms with van der Waals surface area (Å²) >= 11 is 0. The molecular formula is C20H26N4O5S. The van der Waals surface area contributed by atoms with Gasteiger partial charge in [0, 0.05) is 44.7 Å². The van der Waals surface area contributed by atoms with Gasteiger partial charge in [0.25, 0.3) is 5.91 Å². The fourth-order valence-corrected chi connectivity index (χ4v) is 5.81. The van der Waals surface area contributed by atoms with Crippen LogP contribution in [0.2, 0.25) is 0 Å². The Hall–Kier alpha value is -2.62. The van der Waals surface area contributed by atoms with Crippen LogP contribution in [0.1, 0.15) is 19.3 Å². The summed E-state index contributed by atoms with van der Waals surface area (Å²) in [6.07, 6.45) is 0.860. The molecule has 10 heteroatoms. The molecule has 1 atom stereocenters. The molecule has 0 bridgehead atoms. The number of hydrogen-bond acceptors (Lipinski definition) is 7. The summed E-state index contributed by atoms with van der Waals surface area (Å²) in [6, 6.07) is 7.37. The molecule has 2 amide bonds. The van der Waals surface area contributed by atoms with E-state index < -0.39 is 15.9 Å². The average molecular weight is 435 g/mol. The second-order valence-electron chi connectivity index (χ2n) is 7.82. The maximum atomic E-state index is 13.0. The minimum Gasteiger partial charge on any atom is -0.497 e. The molecule has 9 nitrogen and oxygen atoms in total. The molecule has 1 aromatic rings. The summed E-state index contributed by atoms with van der Waals surface area (Å²) in [5.74, 6) is 0.412. The van der Waals surface area contributed by atoms with E-state index in [0.29, 0.717) is 44.7 Å². The molecule has 1 aromatic carbocycles. The van der Waals surface area contributed by atoms with E-state index >= 15 is 0 Å². The van der Waals surface area contributed by atoms with Gasteiger partial charge in [-0.15, -0.1) is 0 Å². The molecule has 162 valence electrons. The van der Waals surface area contributed by atoms with E-state index in [9.17, 15) is 18.0 Å². The Balaban J connectivity index is 1.39. The normalized spacial score (nSPS) is 24.0. The smallest absolute Gasteiger partial charge is 0.270 e. The Morgan fingerprint density at radius 1 is 1.10 bits per heavy atom. The molecule has 3 heterocycles. The molecule has 0 spiro atoms. The fourth-order valence-electron chi connectivity index (χ4n) is 4.12. The van der Waals surface area contributed by atoms with Crippen LogP contribution in [-0.4, -0.2) is 86.7 Å². The van der Waals surface area contributed by atoms with Gasteiger partial charge in [-0.05, 0) is 30.7 Å². The van der Waals surface area contributed by atoms with Crippen LogP contribution < -0.4 is 9.64 Å². The van der Waals surface area contributed by atoms with Crippen LogP contribution in [0.25, 0.3) is 0 Å². The fraction of sp³-hybridized carbons (Fsp3) is 0.550. The number of benzene rings is 1. The molecule has 0 aliphatic carbocycles. The number of nitrogens with zero attached hydrogens (tertiary/aromatic N) is 4. The van der Waals surface area contributed by atoms with Crippen molar-refractivity contribution in [2.24, 2.45) is 5.10 Å². The molecule has 0 unspecified atom stereocenters. The van der Waals surface area contributed by atoms with Crippen molar-refractivity contribution < 1.29 is 22.7 Å². The highest BCUT2D eigenvalue weighted by atomic mass is 32.2. The van der Waals surface area contributed by atoms with E-state index in [4.69, 9.17) is 4.74 Å². The van der Waals surface area contributed by atoms with E-state index in [1.807, 2.05) is 24.3 Å². The minimum atomic E-state index is -3.14. The lowest BCUT2D eigenvalue weighted by Crippen LogP contribution is -2.52. The van der Waals surface area contributed by atoms with Gasteiger partial charge in [0.1, 0.15) is 11.5 Å². The van der Waals surface area contributed by atoms with Gasteiger partial charge in [0.05, 0.1) is 24.7 Å². The van der Waals surface area contributed by atoms with E-state index in [1.165, 1.54) is 5.01 Å². The first-order valence-corrected chi connectivity index (χ1v) is 12.0. The molecule has 2 saturated heterocycles. The van der Waals surface area contributed by atoms with Crippen LogP contribution in [0, 0.1) is 0 Å². The number of carbonyl (C=O) groups is 2.